The first kappa shape index (κ1) is 28.4. The van der Waals surface area contributed by atoms with Gasteiger partial charge in [0.15, 0.2) is 0 Å². The number of unbranched alkanes of at least 4 members (excludes halogenated alkanes) is 9. The van der Waals surface area contributed by atoms with Crippen LogP contribution in [0.4, 0.5) is 0 Å². The molecule has 0 aliphatic carbocycles. The standard InChI is InChI=1S/C30H48O3Si/c1-5-6-7-8-9-10-11-12-13-17-22-28(27-24-30(32-25-27)34(2,3)4)33-29(31)23-18-21-26-19-15-14-16-20-26/h14-16,19-20,24-25,28H,5-13,17-18,21-23H2,1-4H3. The zero-order valence-electron chi connectivity index (χ0n) is 22.2. The van der Waals surface area contributed by atoms with Crippen molar-refractivity contribution in [1.82, 2.24) is 0 Å². The van der Waals surface area contributed by atoms with Crippen molar-refractivity contribution in [3.63, 3.8) is 0 Å². The third-order valence-corrected chi connectivity index (χ3v) is 8.25. The van der Waals surface area contributed by atoms with E-state index in [0.717, 1.165) is 36.6 Å². The van der Waals surface area contributed by atoms with Gasteiger partial charge in [-0.3, -0.25) is 4.79 Å². The minimum Gasteiger partial charge on any atom is -0.474 e. The van der Waals surface area contributed by atoms with Crippen molar-refractivity contribution < 1.29 is 13.9 Å². The van der Waals surface area contributed by atoms with Gasteiger partial charge in [-0.05, 0) is 37.3 Å². The van der Waals surface area contributed by atoms with Crippen molar-refractivity contribution >= 4 is 19.4 Å². The Morgan fingerprint density at radius 3 is 2.09 bits per heavy atom. The summed E-state index contributed by atoms with van der Waals surface area (Å²) < 4.78 is 11.9. The quantitative estimate of drug-likeness (QED) is 0.121. The highest BCUT2D eigenvalue weighted by atomic mass is 28.3. The molecule has 34 heavy (non-hydrogen) atoms. The lowest BCUT2D eigenvalue weighted by molar-refractivity contribution is -0.150. The van der Waals surface area contributed by atoms with Gasteiger partial charge in [0.25, 0.3) is 0 Å². The van der Waals surface area contributed by atoms with E-state index in [9.17, 15) is 4.79 Å². The van der Waals surface area contributed by atoms with E-state index in [4.69, 9.17) is 9.15 Å². The minimum absolute atomic E-state index is 0.0937. The van der Waals surface area contributed by atoms with Crippen molar-refractivity contribution in [2.45, 2.75) is 123 Å². The maximum Gasteiger partial charge on any atom is 0.306 e. The van der Waals surface area contributed by atoms with Crippen LogP contribution in [0.15, 0.2) is 47.1 Å². The monoisotopic (exact) mass is 484 g/mol. The molecule has 2 rings (SSSR count). The second kappa shape index (κ2) is 16.0. The Balaban J connectivity index is 1.78. The molecule has 1 aromatic heterocycles. The molecule has 0 aliphatic rings. The fourth-order valence-electron chi connectivity index (χ4n) is 4.32. The summed E-state index contributed by atoms with van der Waals surface area (Å²) in [6.45, 7) is 9.11. The van der Waals surface area contributed by atoms with Crippen LogP contribution in [0.5, 0.6) is 0 Å². The smallest absolute Gasteiger partial charge is 0.306 e. The predicted octanol–water partition coefficient (Wildman–Crippen LogP) is 8.74. The first-order chi connectivity index (χ1) is 16.4. The van der Waals surface area contributed by atoms with Gasteiger partial charge in [0, 0.05) is 12.0 Å². The summed E-state index contributed by atoms with van der Waals surface area (Å²) in [6.07, 6.45) is 17.8. The van der Waals surface area contributed by atoms with E-state index in [2.05, 4.69) is 44.8 Å². The van der Waals surface area contributed by atoms with Gasteiger partial charge in [0.05, 0.1) is 11.6 Å². The summed E-state index contributed by atoms with van der Waals surface area (Å²) in [6, 6.07) is 12.5. The fraction of sp³-hybridized carbons (Fsp3) is 0.633. The third-order valence-electron chi connectivity index (χ3n) is 6.51. The lowest BCUT2D eigenvalue weighted by Crippen LogP contribution is -2.36. The predicted molar refractivity (Wildman–Crippen MR) is 146 cm³/mol. The van der Waals surface area contributed by atoms with Crippen LogP contribution in [-0.2, 0) is 16.0 Å². The average molecular weight is 485 g/mol. The Bertz CT molecular complexity index is 791. The van der Waals surface area contributed by atoms with Gasteiger partial charge in [0.2, 0.25) is 0 Å². The lowest BCUT2D eigenvalue weighted by Gasteiger charge is -2.17. The van der Waals surface area contributed by atoms with Crippen LogP contribution in [0, 0.1) is 0 Å². The molecule has 0 aliphatic heterocycles. The van der Waals surface area contributed by atoms with E-state index < -0.39 is 8.07 Å². The second-order valence-electron chi connectivity index (χ2n) is 10.8. The molecular weight excluding hydrogens is 436 g/mol. The molecule has 0 spiro atoms. The molecule has 1 heterocycles. The number of hydrogen-bond acceptors (Lipinski definition) is 3. The van der Waals surface area contributed by atoms with Crippen LogP contribution >= 0.6 is 0 Å². The van der Waals surface area contributed by atoms with E-state index in [0.29, 0.717) is 6.42 Å². The Labute approximate surface area is 209 Å². The zero-order chi connectivity index (χ0) is 24.7. The van der Waals surface area contributed by atoms with Crippen LogP contribution in [0.1, 0.15) is 108 Å². The normalized spacial score (nSPS) is 12.6. The summed E-state index contributed by atoms with van der Waals surface area (Å²) in [4.78, 5) is 12.7. The van der Waals surface area contributed by atoms with E-state index in [-0.39, 0.29) is 12.1 Å². The number of carbonyl (C=O) groups is 1. The molecule has 190 valence electrons. The van der Waals surface area contributed by atoms with Crippen molar-refractivity contribution in [2.24, 2.45) is 0 Å². The Hall–Kier alpha value is -1.81. The first-order valence-electron chi connectivity index (χ1n) is 13.7. The average Bonchev–Trinajstić information content (AvgIpc) is 3.31. The van der Waals surface area contributed by atoms with E-state index in [1.165, 1.54) is 63.4 Å². The van der Waals surface area contributed by atoms with Crippen LogP contribution in [-0.4, -0.2) is 14.0 Å². The highest BCUT2D eigenvalue weighted by Crippen LogP contribution is 2.26. The number of furan rings is 1. The van der Waals surface area contributed by atoms with Crippen LogP contribution in [0.25, 0.3) is 0 Å². The molecular formula is C30H48O3Si. The molecule has 3 nitrogen and oxygen atoms in total. The summed E-state index contributed by atoms with van der Waals surface area (Å²) in [5, 5.41) is 1.08. The molecule has 0 bridgehead atoms. The molecule has 1 unspecified atom stereocenters. The van der Waals surface area contributed by atoms with Gasteiger partial charge >= 0.3 is 5.97 Å². The molecule has 4 heteroatoms. The van der Waals surface area contributed by atoms with Crippen LogP contribution in [0.2, 0.25) is 19.6 Å². The molecule has 0 saturated heterocycles. The highest BCUT2D eigenvalue weighted by molar-refractivity contribution is 6.87. The summed E-state index contributed by atoms with van der Waals surface area (Å²) in [5.74, 6) is -0.0937. The number of benzene rings is 1. The van der Waals surface area contributed by atoms with Gasteiger partial charge < -0.3 is 9.15 Å². The Morgan fingerprint density at radius 1 is 0.882 bits per heavy atom. The van der Waals surface area contributed by atoms with Gasteiger partial charge in [-0.15, -0.1) is 0 Å². The van der Waals surface area contributed by atoms with E-state index in [1.54, 1.807) is 0 Å². The maximum absolute atomic E-state index is 12.7. The third kappa shape index (κ3) is 11.5. The fourth-order valence-corrected chi connectivity index (χ4v) is 5.34. The highest BCUT2D eigenvalue weighted by Gasteiger charge is 2.25. The molecule has 0 radical (unpaired) electrons. The van der Waals surface area contributed by atoms with Crippen LogP contribution in [0.3, 0.4) is 0 Å². The Morgan fingerprint density at radius 2 is 1.50 bits per heavy atom. The topological polar surface area (TPSA) is 39.4 Å². The number of carbonyl (C=O) groups excluding carboxylic acids is 1. The number of rotatable bonds is 18. The zero-order valence-corrected chi connectivity index (χ0v) is 23.2. The molecule has 0 amide bonds. The van der Waals surface area contributed by atoms with Gasteiger partial charge in [0.1, 0.15) is 14.2 Å². The number of aryl methyl sites for hydroxylation is 1. The molecule has 2 aromatic rings. The second-order valence-corrected chi connectivity index (χ2v) is 15.8. The number of hydrogen-bond donors (Lipinski definition) is 0. The molecule has 0 fully saturated rings. The van der Waals surface area contributed by atoms with Gasteiger partial charge in [-0.1, -0.05) is 115 Å². The van der Waals surface area contributed by atoms with Gasteiger partial charge in [-0.2, -0.15) is 0 Å². The summed E-state index contributed by atoms with van der Waals surface area (Å²) in [5.41, 5.74) is 2.30. The molecule has 0 N–H and O–H groups in total. The lowest BCUT2D eigenvalue weighted by atomic mass is 10.0. The maximum atomic E-state index is 12.7. The Kier molecular flexibility index (Phi) is 13.3. The molecule has 1 aromatic carbocycles. The van der Waals surface area contributed by atoms with Crippen molar-refractivity contribution in [2.75, 3.05) is 0 Å². The summed E-state index contributed by atoms with van der Waals surface area (Å²) in [7, 11) is -1.53. The number of esters is 1. The molecule has 1 atom stereocenters. The van der Waals surface area contributed by atoms with Crippen molar-refractivity contribution in [1.29, 1.82) is 0 Å². The summed E-state index contributed by atoms with van der Waals surface area (Å²) >= 11 is 0. The van der Waals surface area contributed by atoms with Crippen LogP contribution < -0.4 is 5.38 Å². The first-order valence-corrected chi connectivity index (χ1v) is 17.2. The van der Waals surface area contributed by atoms with E-state index >= 15 is 0 Å². The minimum atomic E-state index is -1.53. The van der Waals surface area contributed by atoms with E-state index in [1.807, 2.05) is 24.5 Å². The van der Waals surface area contributed by atoms with Gasteiger partial charge in [-0.25, -0.2) is 0 Å². The SMILES string of the molecule is CCCCCCCCCCCCC(OC(=O)CCCc1ccccc1)c1coc([Si](C)(C)C)c1. The largest absolute Gasteiger partial charge is 0.474 e. The molecule has 0 saturated carbocycles. The number of ether oxygens (including phenoxy) is 1. The van der Waals surface area contributed by atoms with Crippen molar-refractivity contribution in [3.05, 3.63) is 53.8 Å². The van der Waals surface area contributed by atoms with Crippen molar-refractivity contribution in [3.8, 4) is 0 Å².